The second-order valence-corrected chi connectivity index (χ2v) is 20.8. The average Bonchev–Trinajstić information content (AvgIpc) is 3.77. The molecule has 6 aromatic carbocycles. The molecule has 0 N–H and O–H groups in total. The molecule has 0 aliphatic rings. The Kier molecular flexibility index (Phi) is 11.4. The van der Waals surface area contributed by atoms with Crippen LogP contribution >= 0.6 is 0 Å². The van der Waals surface area contributed by atoms with Gasteiger partial charge >= 0.3 is 0 Å². The number of aromatic nitrogens is 3. The summed E-state index contributed by atoms with van der Waals surface area (Å²) in [6.45, 7) is 13.8. The molecule has 0 amide bonds. The number of furan rings is 1. The molecule has 0 fully saturated rings. The van der Waals surface area contributed by atoms with E-state index in [-0.39, 0.29) is 20.1 Å². The van der Waals surface area contributed by atoms with Crippen LogP contribution in [0.1, 0.15) is 25.0 Å². The molecule has 0 saturated heterocycles. The minimum atomic E-state index is -1.35. The molecule has 1 radical (unpaired) electrons. The largest absolute Gasteiger partial charge is 0.501 e. The second-order valence-electron chi connectivity index (χ2n) is 15.7. The first-order valence-corrected chi connectivity index (χ1v) is 22.6. The topological polar surface area (TPSA) is 43.9 Å². The third-order valence-electron chi connectivity index (χ3n) is 10.0. The summed E-state index contributed by atoms with van der Waals surface area (Å²) in [6.07, 6.45) is 3.24. The number of hydrogen-bond donors (Lipinski definition) is 0. The Morgan fingerprint density at radius 1 is 0.750 bits per heavy atom. The number of fused-ring (bicyclic) bond motifs is 4. The molecule has 0 saturated carbocycles. The van der Waals surface area contributed by atoms with Crippen LogP contribution in [0.3, 0.4) is 0 Å². The molecule has 9 rings (SSSR count). The summed E-state index contributed by atoms with van der Waals surface area (Å²) in [7, 11) is -1.35. The van der Waals surface area contributed by atoms with Crippen molar-refractivity contribution < 1.29 is 24.5 Å². The molecule has 6 heteroatoms. The summed E-state index contributed by atoms with van der Waals surface area (Å²) in [6, 6.07) is 54.8. The van der Waals surface area contributed by atoms with Crippen LogP contribution in [0.15, 0.2) is 150 Å². The number of rotatable bonds is 7. The number of pyridine rings is 1. The first-order chi connectivity index (χ1) is 26.6. The standard InChI is InChI=1S/C31H19N2O.C19H26NSi.Ir/c1-2-9-21(10-3-1)22-17-19-23(20-18-22)33-28-15-6-5-14-27(28)32-31(33)26-13-8-12-25-24-11-4-7-16-29(24)34-30(25)26;1-14(2)11-17-12-18(16-9-7-15(3)8-10-16)20-13-19(17)21(4,5)6;/h1-12,14-20H;7-9,12-14H,11H2,1-6H3;/q2*-1;. The van der Waals surface area contributed by atoms with E-state index in [1.807, 2.05) is 54.6 Å². The van der Waals surface area contributed by atoms with Crippen LogP contribution in [0.4, 0.5) is 0 Å². The van der Waals surface area contributed by atoms with E-state index >= 15 is 0 Å². The molecule has 0 spiro atoms. The molecule has 0 aliphatic heterocycles. The van der Waals surface area contributed by atoms with Crippen molar-refractivity contribution in [2.45, 2.75) is 46.8 Å². The molecule has 9 aromatic rings. The molecule has 0 atom stereocenters. The van der Waals surface area contributed by atoms with E-state index in [4.69, 9.17) is 14.4 Å². The molecule has 56 heavy (non-hydrogen) atoms. The molecule has 3 aromatic heterocycles. The first-order valence-electron chi connectivity index (χ1n) is 19.1. The van der Waals surface area contributed by atoms with Gasteiger partial charge in [0, 0.05) is 37.4 Å². The van der Waals surface area contributed by atoms with E-state index in [1.54, 1.807) is 0 Å². The number of hydrogen-bond acceptors (Lipinski definition) is 3. The summed E-state index contributed by atoms with van der Waals surface area (Å²) in [4.78, 5) is 9.75. The molecule has 0 bridgehead atoms. The Bertz CT molecular complexity index is 2740. The van der Waals surface area contributed by atoms with E-state index < -0.39 is 8.07 Å². The van der Waals surface area contributed by atoms with Gasteiger partial charge in [-0.2, -0.15) is 0 Å². The Morgan fingerprint density at radius 2 is 1.46 bits per heavy atom. The Balaban J connectivity index is 0.000000190. The molecule has 281 valence electrons. The summed E-state index contributed by atoms with van der Waals surface area (Å²) >= 11 is 0. The first kappa shape index (κ1) is 38.9. The summed E-state index contributed by atoms with van der Waals surface area (Å²) in [5, 5.41) is 3.66. The molecular formula is C50H45IrN3OSi-2. The summed E-state index contributed by atoms with van der Waals surface area (Å²) < 4.78 is 8.51. The van der Waals surface area contributed by atoms with Crippen LogP contribution in [0, 0.1) is 25.0 Å². The predicted molar refractivity (Wildman–Crippen MR) is 233 cm³/mol. The van der Waals surface area contributed by atoms with Crippen LogP contribution in [0.2, 0.25) is 19.6 Å². The number of para-hydroxylation sites is 3. The summed E-state index contributed by atoms with van der Waals surface area (Å²) in [5.41, 5.74) is 12.8. The minimum Gasteiger partial charge on any atom is -0.501 e. The van der Waals surface area contributed by atoms with E-state index in [1.165, 1.54) is 27.4 Å². The number of nitrogens with zero attached hydrogens (tertiary/aromatic N) is 3. The van der Waals surface area contributed by atoms with Crippen molar-refractivity contribution in [2.75, 3.05) is 0 Å². The quantitative estimate of drug-likeness (QED) is 0.118. The normalized spacial score (nSPS) is 11.5. The van der Waals surface area contributed by atoms with Crippen molar-refractivity contribution in [1.29, 1.82) is 0 Å². The van der Waals surface area contributed by atoms with Gasteiger partial charge in [-0.15, -0.1) is 53.6 Å². The van der Waals surface area contributed by atoms with Crippen molar-refractivity contribution in [3.63, 3.8) is 0 Å². The van der Waals surface area contributed by atoms with Crippen LogP contribution in [0.25, 0.3) is 72.4 Å². The zero-order chi connectivity index (χ0) is 38.1. The monoisotopic (exact) mass is 924 g/mol. The average molecular weight is 924 g/mol. The zero-order valence-electron chi connectivity index (χ0n) is 32.7. The van der Waals surface area contributed by atoms with Gasteiger partial charge in [-0.05, 0) is 64.7 Å². The zero-order valence-corrected chi connectivity index (χ0v) is 36.1. The van der Waals surface area contributed by atoms with Gasteiger partial charge in [0.2, 0.25) is 0 Å². The Labute approximate surface area is 344 Å². The fourth-order valence-electron chi connectivity index (χ4n) is 7.34. The fourth-order valence-corrected chi connectivity index (χ4v) is 8.92. The minimum absolute atomic E-state index is 0. The predicted octanol–water partition coefficient (Wildman–Crippen LogP) is 12.7. The van der Waals surface area contributed by atoms with Crippen LogP contribution in [0.5, 0.6) is 0 Å². The van der Waals surface area contributed by atoms with Gasteiger partial charge in [-0.3, -0.25) is 4.98 Å². The van der Waals surface area contributed by atoms with Gasteiger partial charge in [-0.1, -0.05) is 136 Å². The maximum Gasteiger partial charge on any atom is 0.120 e. The Morgan fingerprint density at radius 3 is 2.20 bits per heavy atom. The van der Waals surface area contributed by atoms with Crippen molar-refractivity contribution in [3.8, 4) is 39.5 Å². The van der Waals surface area contributed by atoms with Crippen molar-refractivity contribution >= 4 is 46.2 Å². The molecule has 0 aliphatic carbocycles. The van der Waals surface area contributed by atoms with Gasteiger partial charge in [0.15, 0.2) is 0 Å². The van der Waals surface area contributed by atoms with E-state index in [0.29, 0.717) is 5.92 Å². The number of imidazole rings is 1. The molecule has 4 nitrogen and oxygen atoms in total. The molecule has 3 heterocycles. The van der Waals surface area contributed by atoms with Gasteiger partial charge in [-0.25, -0.2) is 0 Å². The maximum atomic E-state index is 6.32. The SMILES string of the molecule is Cc1c[c-]c(-c2cc(CC(C)C)c([Si](C)(C)C)cn2)cc1.[Ir].[c-]1ccc2c(oc3ccccc32)c1-c1nc2ccccc2n1-c1ccc(-c2ccccc2)cc1. The third-order valence-corrected chi connectivity index (χ3v) is 12.1. The van der Waals surface area contributed by atoms with Gasteiger partial charge < -0.3 is 14.0 Å². The van der Waals surface area contributed by atoms with Crippen LogP contribution in [-0.2, 0) is 26.5 Å². The number of benzene rings is 6. The smallest absolute Gasteiger partial charge is 0.120 e. The van der Waals surface area contributed by atoms with Crippen LogP contribution < -0.4 is 5.19 Å². The van der Waals surface area contributed by atoms with Crippen molar-refractivity contribution in [2.24, 2.45) is 5.92 Å². The fraction of sp³-hybridized carbons (Fsp3) is 0.160. The van der Waals surface area contributed by atoms with E-state index in [0.717, 1.165) is 67.7 Å². The van der Waals surface area contributed by atoms with Crippen molar-refractivity contribution in [3.05, 3.63) is 169 Å². The number of aryl methyl sites for hydroxylation is 1. The maximum absolute atomic E-state index is 6.32. The van der Waals surface area contributed by atoms with Gasteiger partial charge in [0.25, 0.3) is 0 Å². The third kappa shape index (κ3) is 7.96. The second kappa shape index (κ2) is 16.4. The van der Waals surface area contributed by atoms with E-state index in [2.05, 4.69) is 148 Å². The summed E-state index contributed by atoms with van der Waals surface area (Å²) in [5.74, 6) is 1.48. The van der Waals surface area contributed by atoms with Crippen LogP contribution in [-0.4, -0.2) is 22.6 Å². The van der Waals surface area contributed by atoms with Gasteiger partial charge in [0.05, 0.1) is 30.5 Å². The van der Waals surface area contributed by atoms with E-state index in [9.17, 15) is 0 Å². The van der Waals surface area contributed by atoms with Crippen molar-refractivity contribution in [1.82, 2.24) is 14.5 Å². The molecule has 0 unspecified atom stereocenters. The Hall–Kier alpha value is -5.39. The molecular weight excluding hydrogens is 879 g/mol. The van der Waals surface area contributed by atoms with Gasteiger partial charge in [0.1, 0.15) is 5.58 Å².